The lowest BCUT2D eigenvalue weighted by atomic mass is 9.99. The van der Waals surface area contributed by atoms with Crippen LogP contribution in [0.3, 0.4) is 0 Å². The Kier molecular flexibility index (Phi) is 9.35. The van der Waals surface area contributed by atoms with Gasteiger partial charge in [0.1, 0.15) is 30.1 Å². The van der Waals surface area contributed by atoms with Gasteiger partial charge in [-0.25, -0.2) is 15.0 Å². The van der Waals surface area contributed by atoms with Crippen molar-refractivity contribution in [3.8, 4) is 16.9 Å². The Morgan fingerprint density at radius 1 is 0.980 bits per heavy atom. The van der Waals surface area contributed by atoms with Crippen molar-refractivity contribution >= 4 is 56.6 Å². The van der Waals surface area contributed by atoms with E-state index in [1.807, 2.05) is 36.3 Å². The van der Waals surface area contributed by atoms with Gasteiger partial charge in [0.2, 0.25) is 0 Å². The standard InChI is InChI=1S/C38H45BrN9O2P/c1-46-23-26(20-42-46)28-17-25(34(50-2)19-33(28)48-15-13-47(14-16-48)27-7-5-6-8-27)18-35-40-21-29(39)38(45-35)44-31-12-11-30-36(37(31)51(3,4)49)41-22-32(43-30)24-9-10-24/h11-12,17,19-24,27H,5-10,13-16,18H2,1-4H3,(H,40,44,45). The molecule has 0 spiro atoms. The predicted octanol–water partition coefficient (Wildman–Crippen LogP) is 7.12. The van der Waals surface area contributed by atoms with Gasteiger partial charge in [-0.15, -0.1) is 0 Å². The fraction of sp³-hybridized carbons (Fsp3) is 0.447. The number of anilines is 3. The predicted molar refractivity (Wildman–Crippen MR) is 208 cm³/mol. The lowest BCUT2D eigenvalue weighted by molar-refractivity contribution is 0.187. The molecular weight excluding hydrogens is 725 g/mol. The molecule has 3 fully saturated rings. The molecule has 2 aliphatic carbocycles. The van der Waals surface area contributed by atoms with E-state index < -0.39 is 7.14 Å². The average molecular weight is 771 g/mol. The van der Waals surface area contributed by atoms with Gasteiger partial charge in [-0.05, 0) is 73.1 Å². The molecule has 0 bridgehead atoms. The quantitative estimate of drug-likeness (QED) is 0.147. The molecule has 266 valence electrons. The molecule has 2 saturated carbocycles. The SMILES string of the molecule is COc1cc(N2CCN(C3CCCC3)CC2)c(-c2cnn(C)c2)cc1Cc1ncc(Br)c(Nc2ccc3nc(C4CC4)cnc3c2P(C)(C)=O)n1. The van der Waals surface area contributed by atoms with Crippen molar-refractivity contribution < 1.29 is 9.30 Å². The third-order valence-corrected chi connectivity index (χ3v) is 12.7. The fourth-order valence-electron chi connectivity index (χ4n) is 7.77. The van der Waals surface area contributed by atoms with Crippen LogP contribution in [0, 0.1) is 0 Å². The number of hydrogen-bond donors (Lipinski definition) is 1. The summed E-state index contributed by atoms with van der Waals surface area (Å²) in [5.41, 5.74) is 7.47. The molecule has 1 aliphatic heterocycles. The van der Waals surface area contributed by atoms with E-state index in [0.29, 0.717) is 45.0 Å². The summed E-state index contributed by atoms with van der Waals surface area (Å²) in [7, 11) is 0.912. The third-order valence-electron chi connectivity index (χ3n) is 10.5. The highest BCUT2D eigenvalue weighted by atomic mass is 79.9. The van der Waals surface area contributed by atoms with E-state index in [2.05, 4.69) is 54.5 Å². The number of nitrogens with one attached hydrogen (secondary N) is 1. The monoisotopic (exact) mass is 769 g/mol. The van der Waals surface area contributed by atoms with Gasteiger partial charge in [0.25, 0.3) is 0 Å². The Labute approximate surface area is 307 Å². The summed E-state index contributed by atoms with van der Waals surface area (Å²) in [6, 6.07) is 9.02. The second kappa shape index (κ2) is 13.9. The van der Waals surface area contributed by atoms with E-state index in [9.17, 15) is 4.57 Å². The first-order chi connectivity index (χ1) is 24.6. The summed E-state index contributed by atoms with van der Waals surface area (Å²) < 4.78 is 22.3. The number of rotatable bonds is 10. The number of aromatic nitrogens is 6. The Hall–Kier alpha value is -3.86. The molecule has 3 aromatic heterocycles. The van der Waals surface area contributed by atoms with Crippen molar-refractivity contribution in [3.63, 3.8) is 0 Å². The van der Waals surface area contributed by atoms with Gasteiger partial charge >= 0.3 is 0 Å². The number of fused-ring (bicyclic) bond motifs is 1. The number of benzene rings is 2. The molecule has 0 amide bonds. The minimum Gasteiger partial charge on any atom is -0.496 e. The minimum absolute atomic E-state index is 0.453. The van der Waals surface area contributed by atoms with Crippen molar-refractivity contribution in [2.75, 3.05) is 56.8 Å². The zero-order valence-corrected chi connectivity index (χ0v) is 32.3. The van der Waals surface area contributed by atoms with Crippen molar-refractivity contribution in [2.24, 2.45) is 7.05 Å². The molecule has 13 heteroatoms. The maximum absolute atomic E-state index is 13.7. The molecule has 0 unspecified atom stereocenters. The van der Waals surface area contributed by atoms with Crippen LogP contribution in [0.1, 0.15) is 61.5 Å². The lowest BCUT2D eigenvalue weighted by Crippen LogP contribution is -2.49. The van der Waals surface area contributed by atoms with Gasteiger partial charge in [-0.2, -0.15) is 5.10 Å². The minimum atomic E-state index is -2.77. The van der Waals surface area contributed by atoms with Crippen LogP contribution in [-0.4, -0.2) is 87.3 Å². The summed E-state index contributed by atoms with van der Waals surface area (Å²) in [4.78, 5) is 24.5. The van der Waals surface area contributed by atoms with Crippen molar-refractivity contribution in [1.82, 2.24) is 34.6 Å². The maximum atomic E-state index is 13.7. The largest absolute Gasteiger partial charge is 0.496 e. The first kappa shape index (κ1) is 34.2. The van der Waals surface area contributed by atoms with E-state index in [1.54, 1.807) is 26.6 Å². The Balaban J connectivity index is 1.10. The van der Waals surface area contributed by atoms with Gasteiger partial charge in [-0.3, -0.25) is 14.6 Å². The normalized spacial score (nSPS) is 17.4. The summed E-state index contributed by atoms with van der Waals surface area (Å²) in [6.07, 6.45) is 15.7. The van der Waals surface area contributed by atoms with Crippen LogP contribution in [-0.2, 0) is 18.0 Å². The highest BCUT2D eigenvalue weighted by Gasteiger charge is 2.29. The smallest absolute Gasteiger partial charge is 0.148 e. The lowest BCUT2D eigenvalue weighted by Gasteiger charge is -2.40. The highest BCUT2D eigenvalue weighted by Crippen LogP contribution is 2.43. The second-order valence-electron chi connectivity index (χ2n) is 14.6. The van der Waals surface area contributed by atoms with Crippen LogP contribution < -0.4 is 20.3 Å². The van der Waals surface area contributed by atoms with E-state index in [1.165, 1.54) is 25.7 Å². The zero-order chi connectivity index (χ0) is 35.3. The second-order valence-corrected chi connectivity index (χ2v) is 18.6. The van der Waals surface area contributed by atoms with Crippen LogP contribution in [0.4, 0.5) is 17.2 Å². The molecule has 0 atom stereocenters. The number of halogens is 1. The average Bonchev–Trinajstić information content (AvgIpc) is 3.64. The Morgan fingerprint density at radius 3 is 2.45 bits per heavy atom. The molecule has 5 aromatic rings. The molecule has 0 radical (unpaired) electrons. The number of nitrogens with zero attached hydrogens (tertiary/aromatic N) is 8. The molecule has 11 nitrogen and oxygen atoms in total. The van der Waals surface area contributed by atoms with Crippen molar-refractivity contribution in [3.05, 3.63) is 70.6 Å². The summed E-state index contributed by atoms with van der Waals surface area (Å²) in [5, 5.41) is 8.65. The summed E-state index contributed by atoms with van der Waals surface area (Å²) in [6.45, 7) is 7.64. The van der Waals surface area contributed by atoms with E-state index >= 15 is 0 Å². The van der Waals surface area contributed by atoms with E-state index in [0.717, 1.165) is 84.4 Å². The topological polar surface area (TPSA) is 114 Å². The number of ether oxygens (including phenoxy) is 1. The van der Waals surface area contributed by atoms with Crippen LogP contribution in [0.5, 0.6) is 5.75 Å². The van der Waals surface area contributed by atoms with Gasteiger partial charge in [-0.1, -0.05) is 12.8 Å². The van der Waals surface area contributed by atoms with Crippen molar-refractivity contribution in [1.29, 1.82) is 0 Å². The molecule has 2 aromatic carbocycles. The van der Waals surface area contributed by atoms with Gasteiger partial charge < -0.3 is 19.5 Å². The summed E-state index contributed by atoms with van der Waals surface area (Å²) in [5.74, 6) is 2.50. The van der Waals surface area contributed by atoms with Crippen LogP contribution in [0.15, 0.2) is 53.5 Å². The van der Waals surface area contributed by atoms with Crippen molar-refractivity contribution in [2.45, 2.75) is 56.9 Å². The maximum Gasteiger partial charge on any atom is 0.148 e. The zero-order valence-electron chi connectivity index (χ0n) is 29.8. The summed E-state index contributed by atoms with van der Waals surface area (Å²) >= 11 is 3.65. The Morgan fingerprint density at radius 2 is 1.76 bits per heavy atom. The number of piperazine rings is 1. The molecule has 3 aliphatic rings. The Bertz CT molecular complexity index is 2130. The molecule has 8 rings (SSSR count). The van der Waals surface area contributed by atoms with Gasteiger partial charge in [0.05, 0.1) is 40.0 Å². The van der Waals surface area contributed by atoms with E-state index in [-0.39, 0.29) is 0 Å². The highest BCUT2D eigenvalue weighted by molar-refractivity contribution is 9.10. The number of aryl methyl sites for hydroxylation is 1. The number of methoxy groups -OCH3 is 1. The third kappa shape index (κ3) is 7.15. The van der Waals surface area contributed by atoms with Gasteiger partial charge in [0, 0.05) is 98.6 Å². The first-order valence-electron chi connectivity index (χ1n) is 18.0. The van der Waals surface area contributed by atoms with Crippen LogP contribution >= 0.6 is 23.1 Å². The molecular formula is C38H45BrN9O2P. The molecule has 1 saturated heterocycles. The molecule has 1 N–H and O–H groups in total. The first-order valence-corrected chi connectivity index (χ1v) is 21.4. The van der Waals surface area contributed by atoms with Crippen LogP contribution in [0.25, 0.3) is 22.2 Å². The molecule has 51 heavy (non-hydrogen) atoms. The van der Waals surface area contributed by atoms with Gasteiger partial charge in [0.15, 0.2) is 0 Å². The number of hydrogen-bond acceptors (Lipinski definition) is 10. The van der Waals surface area contributed by atoms with Crippen LogP contribution in [0.2, 0.25) is 0 Å². The van der Waals surface area contributed by atoms with E-state index in [4.69, 9.17) is 24.7 Å². The fourth-order valence-corrected chi connectivity index (χ4v) is 9.46. The molecule has 4 heterocycles.